The van der Waals surface area contributed by atoms with Crippen LogP contribution in [0, 0.1) is 11.7 Å². The van der Waals surface area contributed by atoms with Gasteiger partial charge in [0, 0.05) is 20.0 Å². The van der Waals surface area contributed by atoms with Crippen molar-refractivity contribution in [2.24, 2.45) is 5.92 Å². The van der Waals surface area contributed by atoms with Gasteiger partial charge in [-0.05, 0) is 45.0 Å². The van der Waals surface area contributed by atoms with Gasteiger partial charge in [-0.25, -0.2) is 4.39 Å². The maximum atomic E-state index is 13.6. The van der Waals surface area contributed by atoms with Gasteiger partial charge in [0.1, 0.15) is 5.82 Å². The number of para-hydroxylation sites is 1. The zero-order valence-electron chi connectivity index (χ0n) is 13.9. The summed E-state index contributed by atoms with van der Waals surface area (Å²) >= 11 is 0. The number of piperidine rings is 1. The molecule has 0 radical (unpaired) electrons. The molecule has 1 aliphatic rings. The molecule has 1 unspecified atom stereocenters. The normalized spacial score (nSPS) is 17.6. The first-order valence-corrected chi connectivity index (χ1v) is 7.90. The molecule has 0 aromatic heterocycles. The van der Waals surface area contributed by atoms with Crippen molar-refractivity contribution in [3.63, 3.8) is 0 Å². The maximum Gasteiger partial charge on any atom is 0.241 e. The van der Waals surface area contributed by atoms with Gasteiger partial charge in [-0.15, -0.1) is 0 Å². The molecule has 0 spiro atoms. The fourth-order valence-corrected chi connectivity index (χ4v) is 2.86. The first kappa shape index (κ1) is 17.4. The van der Waals surface area contributed by atoms with E-state index in [0.717, 1.165) is 12.8 Å². The highest BCUT2D eigenvalue weighted by molar-refractivity contribution is 5.94. The standard InChI is InChI=1S/C17H24FN3O2/c1-12(16(22)19-15-7-5-4-6-14(15)18)21-10-8-13(9-11-21)17(23)20(2)3/h4-7,12-13H,8-11H2,1-3H3,(H,19,22). The van der Waals surface area contributed by atoms with Crippen LogP contribution >= 0.6 is 0 Å². The van der Waals surface area contributed by atoms with Crippen molar-refractivity contribution in [2.75, 3.05) is 32.5 Å². The van der Waals surface area contributed by atoms with Crippen molar-refractivity contribution in [2.45, 2.75) is 25.8 Å². The van der Waals surface area contributed by atoms with Crippen LogP contribution < -0.4 is 5.32 Å². The van der Waals surface area contributed by atoms with Crippen molar-refractivity contribution >= 4 is 17.5 Å². The van der Waals surface area contributed by atoms with Gasteiger partial charge in [-0.2, -0.15) is 0 Å². The number of benzene rings is 1. The lowest BCUT2D eigenvalue weighted by molar-refractivity contribution is -0.134. The van der Waals surface area contributed by atoms with E-state index in [1.165, 1.54) is 6.07 Å². The van der Waals surface area contributed by atoms with Gasteiger partial charge in [0.25, 0.3) is 0 Å². The molecule has 5 nitrogen and oxygen atoms in total. The summed E-state index contributed by atoms with van der Waals surface area (Å²) in [4.78, 5) is 27.9. The van der Waals surface area contributed by atoms with Crippen molar-refractivity contribution in [3.05, 3.63) is 30.1 Å². The molecule has 1 N–H and O–H groups in total. The Morgan fingerprint density at radius 1 is 1.26 bits per heavy atom. The number of carbonyl (C=O) groups excluding carboxylic acids is 2. The third-order valence-corrected chi connectivity index (χ3v) is 4.38. The maximum absolute atomic E-state index is 13.6. The Morgan fingerprint density at radius 3 is 2.43 bits per heavy atom. The van der Waals surface area contributed by atoms with Gasteiger partial charge < -0.3 is 10.2 Å². The van der Waals surface area contributed by atoms with Crippen LogP contribution in [0.5, 0.6) is 0 Å². The molecule has 6 heteroatoms. The minimum atomic E-state index is -0.441. The Bertz CT molecular complexity index is 569. The van der Waals surface area contributed by atoms with E-state index in [2.05, 4.69) is 5.32 Å². The van der Waals surface area contributed by atoms with Gasteiger partial charge in [-0.1, -0.05) is 12.1 Å². The van der Waals surface area contributed by atoms with Crippen molar-refractivity contribution in [1.82, 2.24) is 9.80 Å². The molecule has 1 heterocycles. The van der Waals surface area contributed by atoms with Gasteiger partial charge in [0.2, 0.25) is 11.8 Å². The highest BCUT2D eigenvalue weighted by atomic mass is 19.1. The molecule has 0 aliphatic carbocycles. The summed E-state index contributed by atoms with van der Waals surface area (Å²) in [6.07, 6.45) is 1.49. The molecule has 1 atom stereocenters. The van der Waals surface area contributed by atoms with E-state index in [4.69, 9.17) is 0 Å². The number of anilines is 1. The number of halogens is 1. The van der Waals surface area contributed by atoms with Crippen LogP contribution in [0.2, 0.25) is 0 Å². The molecule has 23 heavy (non-hydrogen) atoms. The van der Waals surface area contributed by atoms with E-state index in [0.29, 0.717) is 13.1 Å². The fourth-order valence-electron chi connectivity index (χ4n) is 2.86. The largest absolute Gasteiger partial charge is 0.349 e. The molecule has 2 amide bonds. The number of hydrogen-bond acceptors (Lipinski definition) is 3. The molecule has 1 aliphatic heterocycles. The number of hydrogen-bond donors (Lipinski definition) is 1. The smallest absolute Gasteiger partial charge is 0.241 e. The van der Waals surface area contributed by atoms with Gasteiger partial charge in [0.15, 0.2) is 0 Å². The number of rotatable bonds is 4. The lowest BCUT2D eigenvalue weighted by Crippen LogP contribution is -2.48. The first-order chi connectivity index (χ1) is 10.9. The van der Waals surface area contributed by atoms with E-state index in [1.807, 2.05) is 11.8 Å². The zero-order chi connectivity index (χ0) is 17.0. The second kappa shape index (κ2) is 7.55. The number of amides is 2. The number of nitrogens with zero attached hydrogens (tertiary/aromatic N) is 2. The second-order valence-corrected chi connectivity index (χ2v) is 6.19. The Hall–Kier alpha value is -1.95. The highest BCUT2D eigenvalue weighted by Gasteiger charge is 2.30. The minimum absolute atomic E-state index is 0.0306. The van der Waals surface area contributed by atoms with Crippen LogP contribution in [0.25, 0.3) is 0 Å². The Labute approximate surface area is 136 Å². The summed E-state index contributed by atoms with van der Waals surface area (Å²) in [7, 11) is 3.53. The number of nitrogens with one attached hydrogen (secondary N) is 1. The predicted molar refractivity (Wildman–Crippen MR) is 87.5 cm³/mol. The molecule has 1 aromatic rings. The summed E-state index contributed by atoms with van der Waals surface area (Å²) in [6.45, 7) is 3.19. The molecular formula is C17H24FN3O2. The number of likely N-dealkylation sites (tertiary alicyclic amines) is 1. The molecule has 1 aromatic carbocycles. The SMILES string of the molecule is CC(C(=O)Nc1ccccc1F)N1CCC(C(=O)N(C)C)CC1. The molecule has 2 rings (SSSR count). The van der Waals surface area contributed by atoms with E-state index >= 15 is 0 Å². The molecular weight excluding hydrogens is 297 g/mol. The lowest BCUT2D eigenvalue weighted by Gasteiger charge is -2.35. The van der Waals surface area contributed by atoms with E-state index in [1.54, 1.807) is 37.2 Å². The average Bonchev–Trinajstić information content (AvgIpc) is 2.55. The summed E-state index contributed by atoms with van der Waals surface area (Å²) in [5, 5.41) is 2.63. The summed E-state index contributed by atoms with van der Waals surface area (Å²) in [5.74, 6) is -0.494. The quantitative estimate of drug-likeness (QED) is 0.922. The molecule has 1 saturated heterocycles. The zero-order valence-corrected chi connectivity index (χ0v) is 13.9. The summed E-state index contributed by atoms with van der Waals surface area (Å²) in [5.41, 5.74) is 0.196. The predicted octanol–water partition coefficient (Wildman–Crippen LogP) is 1.95. The van der Waals surface area contributed by atoms with Gasteiger partial charge in [-0.3, -0.25) is 14.5 Å². The van der Waals surface area contributed by atoms with E-state index < -0.39 is 5.82 Å². The summed E-state index contributed by atoms with van der Waals surface area (Å²) in [6, 6.07) is 5.77. The van der Waals surface area contributed by atoms with Crippen LogP contribution in [0.4, 0.5) is 10.1 Å². The molecule has 0 saturated carbocycles. The van der Waals surface area contributed by atoms with Crippen LogP contribution in [0.1, 0.15) is 19.8 Å². The topological polar surface area (TPSA) is 52.7 Å². The van der Waals surface area contributed by atoms with E-state index in [-0.39, 0.29) is 29.5 Å². The molecule has 126 valence electrons. The van der Waals surface area contributed by atoms with Crippen molar-refractivity contribution in [3.8, 4) is 0 Å². The minimum Gasteiger partial charge on any atom is -0.349 e. The Kier molecular flexibility index (Phi) is 5.71. The van der Waals surface area contributed by atoms with Crippen LogP contribution in [0.3, 0.4) is 0 Å². The summed E-state index contributed by atoms with van der Waals surface area (Å²) < 4.78 is 13.6. The van der Waals surface area contributed by atoms with Crippen molar-refractivity contribution in [1.29, 1.82) is 0 Å². The lowest BCUT2D eigenvalue weighted by atomic mass is 9.94. The highest BCUT2D eigenvalue weighted by Crippen LogP contribution is 2.21. The average molecular weight is 321 g/mol. The fraction of sp³-hybridized carbons (Fsp3) is 0.529. The third kappa shape index (κ3) is 4.28. The monoisotopic (exact) mass is 321 g/mol. The van der Waals surface area contributed by atoms with Crippen molar-refractivity contribution < 1.29 is 14.0 Å². The van der Waals surface area contributed by atoms with Crippen LogP contribution in [-0.2, 0) is 9.59 Å². The van der Waals surface area contributed by atoms with Gasteiger partial charge in [0.05, 0.1) is 11.7 Å². The second-order valence-electron chi connectivity index (χ2n) is 6.19. The first-order valence-electron chi connectivity index (χ1n) is 7.90. The van der Waals surface area contributed by atoms with E-state index in [9.17, 15) is 14.0 Å². The van der Waals surface area contributed by atoms with Crippen LogP contribution in [-0.4, -0.2) is 54.8 Å². The molecule has 1 fully saturated rings. The Balaban J connectivity index is 1.89. The molecule has 0 bridgehead atoms. The number of carbonyl (C=O) groups is 2. The Morgan fingerprint density at radius 2 is 1.87 bits per heavy atom. The van der Waals surface area contributed by atoms with Crippen LogP contribution in [0.15, 0.2) is 24.3 Å². The van der Waals surface area contributed by atoms with Gasteiger partial charge >= 0.3 is 0 Å². The third-order valence-electron chi connectivity index (χ3n) is 4.38.